The minimum atomic E-state index is 0.167. The molecular weight excluding hydrogens is 186 g/mol. The molecule has 1 aromatic heterocycles. The summed E-state index contributed by atoms with van der Waals surface area (Å²) in [5.74, 6) is 1.11. The van der Waals surface area contributed by atoms with Gasteiger partial charge in [0.05, 0.1) is 6.04 Å². The van der Waals surface area contributed by atoms with Crippen LogP contribution in [0.4, 0.5) is 0 Å². The fourth-order valence-corrected chi connectivity index (χ4v) is 1.98. The van der Waals surface area contributed by atoms with Crippen LogP contribution in [0.15, 0.2) is 6.20 Å². The number of H-pyrrole nitrogens is 1. The number of hydrogen-bond donors (Lipinski definition) is 2. The van der Waals surface area contributed by atoms with Crippen molar-refractivity contribution in [2.24, 2.45) is 0 Å². The molecule has 3 nitrogen and oxygen atoms in total. The Morgan fingerprint density at radius 3 is 2.67 bits per heavy atom. The molecule has 1 aliphatic heterocycles. The van der Waals surface area contributed by atoms with E-state index >= 15 is 0 Å². The van der Waals surface area contributed by atoms with Gasteiger partial charge in [-0.2, -0.15) is 0 Å². The average Bonchev–Trinajstić information content (AvgIpc) is 2.67. The molecule has 2 heterocycles. The van der Waals surface area contributed by atoms with Crippen LogP contribution >= 0.6 is 0 Å². The second kappa shape index (κ2) is 3.97. The fourth-order valence-electron chi connectivity index (χ4n) is 1.98. The molecule has 0 radical (unpaired) electrons. The lowest BCUT2D eigenvalue weighted by molar-refractivity contribution is 0.398. The first-order valence-electron chi connectivity index (χ1n) is 5.86. The summed E-state index contributed by atoms with van der Waals surface area (Å²) in [6.07, 6.45) is 5.79. The van der Waals surface area contributed by atoms with Crippen LogP contribution < -0.4 is 5.32 Å². The van der Waals surface area contributed by atoms with Gasteiger partial charge in [0.2, 0.25) is 0 Å². The van der Waals surface area contributed by atoms with Crippen LogP contribution in [-0.4, -0.2) is 16.5 Å². The minimum Gasteiger partial charge on any atom is -0.344 e. The summed E-state index contributed by atoms with van der Waals surface area (Å²) in [5.41, 5.74) is 1.39. The molecule has 2 rings (SSSR count). The zero-order valence-electron chi connectivity index (χ0n) is 9.93. The summed E-state index contributed by atoms with van der Waals surface area (Å²) in [4.78, 5) is 7.94. The number of rotatable bonds is 1. The Hall–Kier alpha value is -0.830. The molecule has 2 N–H and O–H groups in total. The van der Waals surface area contributed by atoms with Crippen molar-refractivity contribution >= 4 is 0 Å². The molecule has 0 aliphatic carbocycles. The van der Waals surface area contributed by atoms with Crippen LogP contribution in [0.2, 0.25) is 0 Å². The second-order valence-corrected chi connectivity index (χ2v) is 5.43. The van der Waals surface area contributed by atoms with Gasteiger partial charge < -0.3 is 10.3 Å². The van der Waals surface area contributed by atoms with Gasteiger partial charge in [-0.05, 0) is 19.4 Å². The highest BCUT2D eigenvalue weighted by Crippen LogP contribution is 2.24. The predicted molar refractivity (Wildman–Crippen MR) is 61.9 cm³/mol. The van der Waals surface area contributed by atoms with E-state index in [2.05, 4.69) is 36.1 Å². The molecule has 0 spiro atoms. The van der Waals surface area contributed by atoms with Crippen LogP contribution in [-0.2, 0) is 5.41 Å². The van der Waals surface area contributed by atoms with Gasteiger partial charge in [0.25, 0.3) is 0 Å². The Labute approximate surface area is 91.7 Å². The lowest BCUT2D eigenvalue weighted by Crippen LogP contribution is -2.27. The maximum atomic E-state index is 4.49. The smallest absolute Gasteiger partial charge is 0.123 e. The van der Waals surface area contributed by atoms with Crippen LogP contribution in [0.1, 0.15) is 57.6 Å². The summed E-state index contributed by atoms with van der Waals surface area (Å²) in [6, 6.07) is 0.440. The third-order valence-corrected chi connectivity index (χ3v) is 3.04. The summed E-state index contributed by atoms with van der Waals surface area (Å²) < 4.78 is 0. The lowest BCUT2D eigenvalue weighted by Gasteiger charge is -2.22. The summed E-state index contributed by atoms with van der Waals surface area (Å²) in [6.45, 7) is 7.74. The van der Waals surface area contributed by atoms with E-state index in [0.29, 0.717) is 6.04 Å². The van der Waals surface area contributed by atoms with Gasteiger partial charge in [0, 0.05) is 17.3 Å². The molecule has 0 amide bonds. The Balaban J connectivity index is 2.12. The van der Waals surface area contributed by atoms with Gasteiger partial charge in [-0.25, -0.2) is 4.98 Å². The van der Waals surface area contributed by atoms with Crippen molar-refractivity contribution < 1.29 is 0 Å². The number of aromatic nitrogens is 2. The molecule has 1 fully saturated rings. The van der Waals surface area contributed by atoms with E-state index in [4.69, 9.17) is 0 Å². The topological polar surface area (TPSA) is 40.7 Å². The first-order valence-corrected chi connectivity index (χ1v) is 5.86. The zero-order chi connectivity index (χ0) is 10.9. The molecule has 15 heavy (non-hydrogen) atoms. The molecule has 1 saturated heterocycles. The van der Waals surface area contributed by atoms with Gasteiger partial charge in [-0.15, -0.1) is 0 Å². The quantitative estimate of drug-likeness (QED) is 0.743. The first-order chi connectivity index (χ1) is 7.07. The van der Waals surface area contributed by atoms with E-state index in [-0.39, 0.29) is 5.41 Å². The van der Waals surface area contributed by atoms with E-state index in [1.807, 2.05) is 6.20 Å². The van der Waals surface area contributed by atoms with Crippen LogP contribution in [0.5, 0.6) is 0 Å². The average molecular weight is 207 g/mol. The van der Waals surface area contributed by atoms with Gasteiger partial charge in [0.1, 0.15) is 5.82 Å². The lowest BCUT2D eigenvalue weighted by atomic mass is 9.93. The van der Waals surface area contributed by atoms with Crippen molar-refractivity contribution in [3.8, 4) is 0 Å². The second-order valence-electron chi connectivity index (χ2n) is 5.43. The van der Waals surface area contributed by atoms with Crippen molar-refractivity contribution in [2.45, 2.75) is 51.5 Å². The molecule has 0 unspecified atom stereocenters. The van der Waals surface area contributed by atoms with E-state index in [1.165, 1.54) is 25.0 Å². The third kappa shape index (κ3) is 2.40. The summed E-state index contributed by atoms with van der Waals surface area (Å²) >= 11 is 0. The van der Waals surface area contributed by atoms with E-state index < -0.39 is 0 Å². The van der Waals surface area contributed by atoms with Gasteiger partial charge in [0.15, 0.2) is 0 Å². The Kier molecular flexibility index (Phi) is 2.83. The van der Waals surface area contributed by atoms with E-state index in [1.54, 1.807) is 0 Å². The number of nitrogens with zero attached hydrogens (tertiary/aromatic N) is 1. The Morgan fingerprint density at radius 1 is 1.33 bits per heavy atom. The highest BCUT2D eigenvalue weighted by molar-refractivity contribution is 5.13. The van der Waals surface area contributed by atoms with Crippen molar-refractivity contribution in [2.75, 3.05) is 6.54 Å². The molecule has 84 valence electrons. The Bertz CT molecular complexity index is 316. The van der Waals surface area contributed by atoms with Gasteiger partial charge >= 0.3 is 0 Å². The monoisotopic (exact) mass is 207 g/mol. The number of hydrogen-bond acceptors (Lipinski definition) is 2. The molecule has 0 saturated carbocycles. The minimum absolute atomic E-state index is 0.167. The maximum absolute atomic E-state index is 4.49. The molecule has 0 aromatic carbocycles. The normalized spacial score (nSPS) is 23.0. The number of piperidine rings is 1. The SMILES string of the molecule is CC(C)(C)c1cnc([C@@H]2CCCCN2)[nH]1. The maximum Gasteiger partial charge on any atom is 0.123 e. The van der Waals surface area contributed by atoms with Crippen molar-refractivity contribution in [1.29, 1.82) is 0 Å². The Morgan fingerprint density at radius 2 is 2.13 bits per heavy atom. The summed E-state index contributed by atoms with van der Waals surface area (Å²) in [7, 11) is 0. The van der Waals surface area contributed by atoms with Crippen molar-refractivity contribution in [3.63, 3.8) is 0 Å². The van der Waals surface area contributed by atoms with E-state index in [0.717, 1.165) is 12.4 Å². The van der Waals surface area contributed by atoms with Crippen LogP contribution in [0.25, 0.3) is 0 Å². The van der Waals surface area contributed by atoms with Crippen molar-refractivity contribution in [3.05, 3.63) is 17.7 Å². The highest BCUT2D eigenvalue weighted by Gasteiger charge is 2.21. The highest BCUT2D eigenvalue weighted by atomic mass is 15.0. The van der Waals surface area contributed by atoms with Crippen LogP contribution in [0, 0.1) is 0 Å². The third-order valence-electron chi connectivity index (χ3n) is 3.04. The number of aromatic amines is 1. The standard InChI is InChI=1S/C12H21N3/c1-12(2,3)10-8-14-11(15-10)9-6-4-5-7-13-9/h8-9,13H,4-7H2,1-3H3,(H,14,15)/t9-/m0/s1. The number of imidazole rings is 1. The number of nitrogens with one attached hydrogen (secondary N) is 2. The molecular formula is C12H21N3. The molecule has 0 bridgehead atoms. The molecule has 1 atom stereocenters. The largest absolute Gasteiger partial charge is 0.344 e. The predicted octanol–water partition coefficient (Wildman–Crippen LogP) is 2.52. The van der Waals surface area contributed by atoms with Crippen molar-refractivity contribution in [1.82, 2.24) is 15.3 Å². The fraction of sp³-hybridized carbons (Fsp3) is 0.750. The molecule has 1 aliphatic rings. The zero-order valence-corrected chi connectivity index (χ0v) is 9.93. The van der Waals surface area contributed by atoms with E-state index in [9.17, 15) is 0 Å². The summed E-state index contributed by atoms with van der Waals surface area (Å²) in [5, 5.41) is 3.51. The van der Waals surface area contributed by atoms with Gasteiger partial charge in [-0.1, -0.05) is 27.2 Å². The molecule has 1 aromatic rings. The first kappa shape index (κ1) is 10.7. The van der Waals surface area contributed by atoms with Crippen LogP contribution in [0.3, 0.4) is 0 Å². The molecule has 3 heteroatoms. The van der Waals surface area contributed by atoms with Gasteiger partial charge in [-0.3, -0.25) is 0 Å².